The van der Waals surface area contributed by atoms with Crippen LogP contribution in [0.2, 0.25) is 0 Å². The first-order chi connectivity index (χ1) is 1.41. The molecule has 2 radical (unpaired) electrons. The van der Waals surface area contributed by atoms with Gasteiger partial charge in [-0.2, -0.15) is 4.89 Å². The number of hydrogen-bond donors (Lipinski definition) is 1. The van der Waals surface area contributed by atoms with Gasteiger partial charge in [0.2, 0.25) is 0 Å². The minimum atomic E-state index is -1.17. The standard InChI is InChI=1S/Ba.HO2P/c;1-3-2/h;3H/p+1. The molecule has 0 spiro atoms. The van der Waals surface area contributed by atoms with Crippen molar-refractivity contribution in [2.24, 2.45) is 0 Å². The average Bonchev–Trinajstić information content (AvgIpc) is 0.918. The molecule has 4 heteroatoms. The topological polar surface area (TPSA) is 37.3 Å². The average molecular weight is 202 g/mol. The summed E-state index contributed by atoms with van der Waals surface area (Å²) in [6.45, 7) is 0. The SMILES string of the molecule is O=[PH+]O.[Ba]. The van der Waals surface area contributed by atoms with Gasteiger partial charge in [-0.1, -0.05) is 0 Å². The maximum Gasteiger partial charge on any atom is 0.491 e. The van der Waals surface area contributed by atoms with Gasteiger partial charge in [-0.15, -0.1) is 0 Å². The summed E-state index contributed by atoms with van der Waals surface area (Å²) in [6.07, 6.45) is 0. The summed E-state index contributed by atoms with van der Waals surface area (Å²) < 4.78 is 8.51. The van der Waals surface area contributed by atoms with Crippen molar-refractivity contribution in [2.45, 2.75) is 0 Å². The van der Waals surface area contributed by atoms with Gasteiger partial charge >= 0.3 is 8.69 Å². The summed E-state index contributed by atoms with van der Waals surface area (Å²) in [5.74, 6) is 0. The molecule has 0 rings (SSSR count). The van der Waals surface area contributed by atoms with Gasteiger partial charge in [-0.05, 0) is 4.57 Å². The quantitative estimate of drug-likeness (QED) is 0.426. The molecule has 0 aliphatic rings. The fourth-order valence-electron chi connectivity index (χ4n) is 0. The summed E-state index contributed by atoms with van der Waals surface area (Å²) in [7, 11) is -1.17. The van der Waals surface area contributed by atoms with Crippen LogP contribution >= 0.6 is 8.69 Å². The normalized spacial score (nSPS) is 5.25. The Morgan fingerprint density at radius 3 is 1.75 bits per heavy atom. The van der Waals surface area contributed by atoms with Gasteiger partial charge in [-0.3, -0.25) is 0 Å². The second-order valence-electron chi connectivity index (χ2n) is 0.0913. The van der Waals surface area contributed by atoms with E-state index in [1.165, 1.54) is 0 Å². The van der Waals surface area contributed by atoms with Crippen molar-refractivity contribution < 1.29 is 9.46 Å². The van der Waals surface area contributed by atoms with E-state index in [0.29, 0.717) is 0 Å². The summed E-state index contributed by atoms with van der Waals surface area (Å²) in [4.78, 5) is 7.04. The molecule has 0 bridgehead atoms. The summed E-state index contributed by atoms with van der Waals surface area (Å²) in [5, 5.41) is 0. The zero-order valence-corrected chi connectivity index (χ0v) is 7.50. The first-order valence-electron chi connectivity index (χ1n) is 0.428. The van der Waals surface area contributed by atoms with Crippen LogP contribution in [0, 0.1) is 0 Å². The van der Waals surface area contributed by atoms with E-state index >= 15 is 0 Å². The maximum absolute atomic E-state index is 8.51. The van der Waals surface area contributed by atoms with Crippen LogP contribution in [0.25, 0.3) is 0 Å². The first kappa shape index (κ1) is 9.16. The summed E-state index contributed by atoms with van der Waals surface area (Å²) in [5.41, 5.74) is 0. The summed E-state index contributed by atoms with van der Waals surface area (Å²) in [6, 6.07) is 0. The summed E-state index contributed by atoms with van der Waals surface area (Å²) >= 11 is 0. The molecule has 0 aromatic rings. The van der Waals surface area contributed by atoms with Crippen LogP contribution in [0.1, 0.15) is 0 Å². The monoisotopic (exact) mass is 203 g/mol. The molecule has 0 aliphatic heterocycles. The van der Waals surface area contributed by atoms with Crippen LogP contribution in [0.4, 0.5) is 0 Å². The van der Waals surface area contributed by atoms with Gasteiger partial charge in [0.15, 0.2) is 0 Å². The van der Waals surface area contributed by atoms with Gasteiger partial charge in [0, 0.05) is 48.9 Å². The zero-order valence-electron chi connectivity index (χ0n) is 2.06. The molecular formula is H2BaO2P+. The molecule has 0 saturated heterocycles. The maximum atomic E-state index is 8.51. The van der Waals surface area contributed by atoms with Crippen molar-refractivity contribution in [3.8, 4) is 0 Å². The molecule has 1 unspecified atom stereocenters. The van der Waals surface area contributed by atoms with E-state index in [-0.39, 0.29) is 48.9 Å². The van der Waals surface area contributed by atoms with Crippen LogP contribution in [0.15, 0.2) is 0 Å². The van der Waals surface area contributed by atoms with E-state index in [2.05, 4.69) is 0 Å². The molecule has 0 heterocycles. The Kier molecular flexibility index (Phi) is 20.2. The van der Waals surface area contributed by atoms with E-state index < -0.39 is 8.69 Å². The van der Waals surface area contributed by atoms with Gasteiger partial charge in [0.1, 0.15) is 0 Å². The molecule has 2 nitrogen and oxygen atoms in total. The minimum Gasteiger partial charge on any atom is -0.162 e. The third-order valence-electron chi connectivity index (χ3n) is 0. The van der Waals surface area contributed by atoms with Gasteiger partial charge in [0.25, 0.3) is 0 Å². The van der Waals surface area contributed by atoms with Gasteiger partial charge in [-0.25, -0.2) is 0 Å². The van der Waals surface area contributed by atoms with Crippen molar-refractivity contribution >= 4 is 57.6 Å². The Morgan fingerprint density at radius 2 is 1.75 bits per heavy atom. The Hall–Kier alpha value is 1.63. The van der Waals surface area contributed by atoms with Crippen molar-refractivity contribution in [3.63, 3.8) is 0 Å². The Balaban J connectivity index is 0. The van der Waals surface area contributed by atoms with Crippen LogP contribution in [-0.4, -0.2) is 53.8 Å². The fourth-order valence-corrected chi connectivity index (χ4v) is 0. The second-order valence-corrected chi connectivity index (χ2v) is 0.274. The zero-order chi connectivity index (χ0) is 2.71. The molecule has 20 valence electrons. The van der Waals surface area contributed by atoms with Crippen LogP contribution < -0.4 is 0 Å². The fraction of sp³-hybridized carbons (Fsp3) is 0. The van der Waals surface area contributed by atoms with E-state index in [0.717, 1.165) is 0 Å². The predicted molar refractivity (Wildman–Crippen MR) is 17.0 cm³/mol. The minimum absolute atomic E-state index is 0. The number of hydrogen-bond acceptors (Lipinski definition) is 1. The van der Waals surface area contributed by atoms with E-state index in [9.17, 15) is 0 Å². The molecule has 0 aromatic heterocycles. The van der Waals surface area contributed by atoms with E-state index in [1.54, 1.807) is 0 Å². The molecule has 4 heavy (non-hydrogen) atoms. The number of rotatable bonds is 0. The molecular weight excluding hydrogens is 200 g/mol. The molecule has 0 aromatic carbocycles. The smallest absolute Gasteiger partial charge is 0.162 e. The van der Waals surface area contributed by atoms with Crippen LogP contribution in [0.5, 0.6) is 0 Å². The molecule has 0 aliphatic carbocycles. The van der Waals surface area contributed by atoms with Crippen molar-refractivity contribution in [1.82, 2.24) is 0 Å². The first-order valence-corrected chi connectivity index (χ1v) is 1.28. The third kappa shape index (κ3) is 9.45. The van der Waals surface area contributed by atoms with Crippen molar-refractivity contribution in [2.75, 3.05) is 0 Å². The molecule has 0 fully saturated rings. The molecule has 1 atom stereocenters. The van der Waals surface area contributed by atoms with Crippen LogP contribution in [0.3, 0.4) is 0 Å². The van der Waals surface area contributed by atoms with Gasteiger partial charge in [0.05, 0.1) is 0 Å². The van der Waals surface area contributed by atoms with Gasteiger partial charge < -0.3 is 0 Å². The second kappa shape index (κ2) is 8.82. The molecule has 0 saturated carbocycles. The largest absolute Gasteiger partial charge is 0.491 e. The van der Waals surface area contributed by atoms with Crippen molar-refractivity contribution in [1.29, 1.82) is 0 Å². The molecule has 0 amide bonds. The Morgan fingerprint density at radius 1 is 1.75 bits per heavy atom. The Bertz CT molecular complexity index is 13.5. The van der Waals surface area contributed by atoms with E-state index in [4.69, 9.17) is 9.46 Å². The third-order valence-corrected chi connectivity index (χ3v) is 0. The predicted octanol–water partition coefficient (Wildman–Crippen LogP) is -0.463. The van der Waals surface area contributed by atoms with E-state index in [1.807, 2.05) is 0 Å². The van der Waals surface area contributed by atoms with Crippen molar-refractivity contribution in [3.05, 3.63) is 0 Å². The molecule has 1 N–H and O–H groups in total. The van der Waals surface area contributed by atoms with Crippen LogP contribution in [-0.2, 0) is 4.57 Å². The Labute approximate surface area is 66.0 Å².